The Morgan fingerprint density at radius 2 is 1.95 bits per heavy atom. The Morgan fingerprint density at radius 1 is 1.23 bits per heavy atom. The topological polar surface area (TPSA) is 246 Å². The Bertz CT molecular complexity index is 1290. The third-order valence-electron chi connectivity index (χ3n) is 6.25. The van der Waals surface area contributed by atoms with Crippen molar-refractivity contribution in [3.05, 3.63) is 24.3 Å². The quantitative estimate of drug-likeness (QED) is 0.151. The molecule has 4 rings (SSSR count). The highest BCUT2D eigenvalue weighted by atomic mass is 32.2. The van der Waals surface area contributed by atoms with Gasteiger partial charge < -0.3 is 32.5 Å². The number of amides is 5. The molecular formula is C21H26N10O6S2. The molecule has 3 heterocycles. The van der Waals surface area contributed by atoms with Gasteiger partial charge in [0.25, 0.3) is 0 Å². The van der Waals surface area contributed by atoms with E-state index in [-0.39, 0.29) is 37.6 Å². The van der Waals surface area contributed by atoms with Crippen LogP contribution in [0.1, 0.15) is 6.42 Å². The summed E-state index contributed by atoms with van der Waals surface area (Å²) >= 11 is 2.37. The number of fused-ring (bicyclic) bond motifs is 1. The van der Waals surface area contributed by atoms with Gasteiger partial charge in [0.15, 0.2) is 0 Å². The van der Waals surface area contributed by atoms with Crippen molar-refractivity contribution in [2.75, 3.05) is 34.8 Å². The maximum Gasteiger partial charge on any atom is 0.316 e. The summed E-state index contributed by atoms with van der Waals surface area (Å²) in [5, 5.41) is 23.7. The van der Waals surface area contributed by atoms with E-state index in [4.69, 9.17) is 17.2 Å². The minimum absolute atomic E-state index is 0.0201. The zero-order valence-electron chi connectivity index (χ0n) is 20.4. The first-order chi connectivity index (χ1) is 18.6. The molecule has 18 heteroatoms. The number of rotatable bonds is 11. The number of tetrazole rings is 1. The van der Waals surface area contributed by atoms with Crippen LogP contribution in [-0.4, -0.2) is 95.9 Å². The highest BCUT2D eigenvalue weighted by Crippen LogP contribution is 2.46. The van der Waals surface area contributed by atoms with Gasteiger partial charge in [-0.25, -0.2) is 9.48 Å². The van der Waals surface area contributed by atoms with Gasteiger partial charge >= 0.3 is 12.0 Å². The van der Waals surface area contributed by atoms with Crippen LogP contribution in [0.5, 0.6) is 0 Å². The van der Waals surface area contributed by atoms with Crippen molar-refractivity contribution < 1.29 is 29.1 Å². The third kappa shape index (κ3) is 5.76. The Labute approximate surface area is 230 Å². The van der Waals surface area contributed by atoms with Crippen LogP contribution in [-0.2, 0) is 25.7 Å². The number of carbonyl (C=O) groups excluding carboxylic acids is 4. The molecule has 2 aromatic rings. The van der Waals surface area contributed by atoms with Crippen molar-refractivity contribution in [3.63, 3.8) is 0 Å². The molecule has 16 nitrogen and oxygen atoms in total. The fraction of sp³-hybridized carbons (Fsp3) is 0.429. The summed E-state index contributed by atoms with van der Waals surface area (Å²) in [5.74, 6) is -2.28. The molecule has 0 saturated carbocycles. The SMILES string of the molecule is NCC(=O)N(c1ccc(NC(N)=O)cc1)C1C(=O)N2CC(CSc3nnnn3CCC(N)=O)(C(=O)O)CS[C@H]12. The normalized spacial score (nSPS) is 22.0. The van der Waals surface area contributed by atoms with Crippen molar-refractivity contribution in [3.8, 4) is 0 Å². The van der Waals surface area contributed by atoms with Crippen LogP contribution in [0, 0.1) is 5.41 Å². The number of hydrogen-bond donors (Lipinski definition) is 5. The van der Waals surface area contributed by atoms with Crippen LogP contribution in [0.4, 0.5) is 16.2 Å². The average molecular weight is 579 g/mol. The van der Waals surface area contributed by atoms with Crippen LogP contribution in [0.15, 0.2) is 29.4 Å². The standard InChI is InChI=1S/C21H26N10O6S2/c22-7-14(33)31(12-3-1-11(2-4-12)25-19(24)37)15-16(34)29-8-21(18(35)36,9-38-17(15)29)10-39-20-26-27-28-30(20)6-5-13(23)32/h1-4,15,17H,5-10,22H2,(H2,23,32)(H,35,36)(H3,24,25,37)/t15?,17-,21?/m1/s1. The van der Waals surface area contributed by atoms with E-state index in [0.29, 0.717) is 16.5 Å². The van der Waals surface area contributed by atoms with Crippen molar-refractivity contribution in [2.24, 2.45) is 22.6 Å². The number of nitrogens with one attached hydrogen (secondary N) is 1. The van der Waals surface area contributed by atoms with E-state index in [9.17, 15) is 29.1 Å². The van der Waals surface area contributed by atoms with Crippen molar-refractivity contribution in [2.45, 2.75) is 29.5 Å². The summed E-state index contributed by atoms with van der Waals surface area (Å²) in [5.41, 5.74) is 15.4. The molecule has 1 aromatic carbocycles. The van der Waals surface area contributed by atoms with Gasteiger partial charge in [0.2, 0.25) is 22.9 Å². The summed E-state index contributed by atoms with van der Waals surface area (Å²) in [6, 6.07) is 4.57. The molecule has 8 N–H and O–H groups in total. The number of aliphatic carboxylic acids is 1. The Kier molecular flexibility index (Phi) is 8.26. The highest BCUT2D eigenvalue weighted by molar-refractivity contribution is 8.00. The fourth-order valence-corrected chi connectivity index (χ4v) is 7.06. The summed E-state index contributed by atoms with van der Waals surface area (Å²) in [6.45, 7) is -0.266. The van der Waals surface area contributed by atoms with Gasteiger partial charge in [0, 0.05) is 35.8 Å². The van der Waals surface area contributed by atoms with Crippen LogP contribution in [0.3, 0.4) is 0 Å². The lowest BCUT2D eigenvalue weighted by Gasteiger charge is -2.56. The van der Waals surface area contributed by atoms with E-state index >= 15 is 0 Å². The third-order valence-corrected chi connectivity index (χ3v) is 9.07. The smallest absolute Gasteiger partial charge is 0.316 e. The number of hydrogen-bond acceptors (Lipinski definition) is 11. The minimum atomic E-state index is -1.31. The number of β-lactam (4-membered cyclic amide) rings is 1. The molecule has 0 spiro atoms. The number of nitrogens with zero attached hydrogens (tertiary/aromatic N) is 6. The fourth-order valence-electron chi connectivity index (χ4n) is 4.25. The molecule has 0 radical (unpaired) electrons. The Hall–Kier alpha value is -3.90. The number of aryl methyl sites for hydroxylation is 1. The van der Waals surface area contributed by atoms with E-state index < -0.39 is 46.6 Å². The van der Waals surface area contributed by atoms with Crippen LogP contribution < -0.4 is 27.4 Å². The second-order valence-corrected chi connectivity index (χ2v) is 10.9. The molecule has 2 aliphatic rings. The molecule has 1 aromatic heterocycles. The summed E-state index contributed by atoms with van der Waals surface area (Å²) in [7, 11) is 0. The number of benzene rings is 1. The average Bonchev–Trinajstić information content (AvgIpc) is 3.36. The summed E-state index contributed by atoms with van der Waals surface area (Å²) < 4.78 is 1.37. The lowest BCUT2D eigenvalue weighted by atomic mass is 9.89. The number of carboxylic acid groups (broad SMARTS) is 1. The van der Waals surface area contributed by atoms with Gasteiger partial charge in [-0.3, -0.25) is 24.1 Å². The van der Waals surface area contributed by atoms with E-state index in [1.54, 1.807) is 12.1 Å². The number of carboxylic acids is 1. The van der Waals surface area contributed by atoms with Gasteiger partial charge in [-0.2, -0.15) is 0 Å². The lowest BCUT2D eigenvalue weighted by Crippen LogP contribution is -2.75. The lowest BCUT2D eigenvalue weighted by molar-refractivity contribution is -0.156. The maximum absolute atomic E-state index is 13.3. The van der Waals surface area contributed by atoms with Gasteiger partial charge in [-0.15, -0.1) is 16.9 Å². The second kappa shape index (κ2) is 11.5. The van der Waals surface area contributed by atoms with Gasteiger partial charge in [-0.1, -0.05) is 11.8 Å². The van der Waals surface area contributed by atoms with Crippen LogP contribution >= 0.6 is 23.5 Å². The first-order valence-corrected chi connectivity index (χ1v) is 13.6. The number of primary amides is 2. The van der Waals surface area contributed by atoms with E-state index in [2.05, 4.69) is 20.8 Å². The van der Waals surface area contributed by atoms with Crippen molar-refractivity contribution in [1.29, 1.82) is 0 Å². The van der Waals surface area contributed by atoms with Crippen molar-refractivity contribution >= 4 is 64.6 Å². The molecule has 2 aliphatic heterocycles. The van der Waals surface area contributed by atoms with Gasteiger partial charge in [-0.05, 0) is 34.7 Å². The first kappa shape index (κ1) is 28.1. The number of thioether (sulfide) groups is 2. The predicted molar refractivity (Wildman–Crippen MR) is 140 cm³/mol. The first-order valence-electron chi connectivity index (χ1n) is 11.6. The van der Waals surface area contributed by atoms with E-state index in [1.165, 1.54) is 38.4 Å². The molecule has 208 valence electrons. The van der Waals surface area contributed by atoms with Crippen molar-refractivity contribution in [1.82, 2.24) is 25.1 Å². The second-order valence-electron chi connectivity index (χ2n) is 8.89. The van der Waals surface area contributed by atoms with Gasteiger partial charge in [0.1, 0.15) is 16.8 Å². The largest absolute Gasteiger partial charge is 0.481 e. The summed E-state index contributed by atoms with van der Waals surface area (Å²) in [4.78, 5) is 63.5. The number of nitrogens with two attached hydrogens (primary N) is 3. The van der Waals surface area contributed by atoms with Crippen LogP contribution in [0.2, 0.25) is 0 Å². The number of anilines is 2. The summed E-state index contributed by atoms with van der Waals surface area (Å²) in [6.07, 6.45) is 0.0201. The molecule has 3 atom stereocenters. The minimum Gasteiger partial charge on any atom is -0.481 e. The Morgan fingerprint density at radius 3 is 2.56 bits per heavy atom. The predicted octanol–water partition coefficient (Wildman–Crippen LogP) is -1.52. The number of urea groups is 1. The maximum atomic E-state index is 13.3. The molecule has 2 unspecified atom stereocenters. The molecule has 0 bridgehead atoms. The number of carbonyl (C=O) groups is 5. The Balaban J connectivity index is 1.49. The molecule has 2 fully saturated rings. The molecular weight excluding hydrogens is 552 g/mol. The number of aromatic nitrogens is 4. The zero-order chi connectivity index (χ0) is 28.3. The monoisotopic (exact) mass is 578 g/mol. The van der Waals surface area contributed by atoms with E-state index in [1.807, 2.05) is 0 Å². The highest BCUT2D eigenvalue weighted by Gasteiger charge is 2.59. The van der Waals surface area contributed by atoms with Crippen LogP contribution in [0.25, 0.3) is 0 Å². The zero-order valence-corrected chi connectivity index (χ0v) is 22.1. The van der Waals surface area contributed by atoms with E-state index in [0.717, 1.165) is 11.8 Å². The molecule has 39 heavy (non-hydrogen) atoms. The molecule has 0 aliphatic carbocycles. The molecule has 2 saturated heterocycles. The van der Waals surface area contributed by atoms with Gasteiger partial charge in [0.05, 0.1) is 13.1 Å². The molecule has 5 amide bonds.